The van der Waals surface area contributed by atoms with Crippen LogP contribution in [0, 0.1) is 11.6 Å². The molecule has 11 nitrogen and oxygen atoms in total. The second kappa shape index (κ2) is 14.0. The summed E-state index contributed by atoms with van der Waals surface area (Å²) in [5.74, 6) is 1.61. The van der Waals surface area contributed by atoms with Gasteiger partial charge in [0.15, 0.2) is 11.6 Å². The van der Waals surface area contributed by atoms with Crippen LogP contribution in [0.1, 0.15) is 26.2 Å². The van der Waals surface area contributed by atoms with Crippen molar-refractivity contribution in [2.75, 3.05) is 50.8 Å². The lowest BCUT2D eigenvalue weighted by Crippen LogP contribution is -2.50. The maximum atomic E-state index is 13.6. The molecule has 2 aromatic heterocycles. The van der Waals surface area contributed by atoms with E-state index in [0.717, 1.165) is 31.1 Å². The molecule has 4 aromatic rings. The van der Waals surface area contributed by atoms with Gasteiger partial charge in [-0.15, -0.1) is 5.10 Å². The van der Waals surface area contributed by atoms with Crippen molar-refractivity contribution >= 4 is 17.6 Å². The van der Waals surface area contributed by atoms with E-state index in [2.05, 4.69) is 20.0 Å². The van der Waals surface area contributed by atoms with Gasteiger partial charge in [0.1, 0.15) is 18.2 Å². The van der Waals surface area contributed by atoms with Crippen LogP contribution in [-0.2, 0) is 22.7 Å². The smallest absolute Gasteiger partial charge is 0.291 e. The van der Waals surface area contributed by atoms with Crippen molar-refractivity contribution in [3.05, 3.63) is 72.6 Å². The Morgan fingerprint density at radius 2 is 1.65 bits per heavy atom. The van der Waals surface area contributed by atoms with E-state index >= 15 is 0 Å². The summed E-state index contributed by atoms with van der Waals surface area (Å²) in [5, 5.41) is 4.57. The summed E-state index contributed by atoms with van der Waals surface area (Å²) >= 11 is 0. The summed E-state index contributed by atoms with van der Waals surface area (Å²) in [7, 11) is 0. The third-order valence-corrected chi connectivity index (χ3v) is 8.32. The van der Waals surface area contributed by atoms with Gasteiger partial charge < -0.3 is 19.4 Å². The minimum atomic E-state index is -0.381. The molecule has 46 heavy (non-hydrogen) atoms. The van der Waals surface area contributed by atoms with Gasteiger partial charge >= 0.3 is 0 Å². The SMILES string of the molecule is CC[n+]1cnc(N2CCN(C(=O)Cn3nc(-c4ccc(F)cc4)nc3-c3ccc(F)cc3)CC2)cc1OCCCN1CCCC1=O. The summed E-state index contributed by atoms with van der Waals surface area (Å²) in [5.41, 5.74) is 1.22. The number of hydrogen-bond donors (Lipinski definition) is 0. The molecule has 6 rings (SSSR count). The zero-order chi connectivity index (χ0) is 32.0. The van der Waals surface area contributed by atoms with Gasteiger partial charge in [0.25, 0.3) is 18.0 Å². The van der Waals surface area contributed by atoms with Crippen LogP contribution in [0.25, 0.3) is 22.8 Å². The number of rotatable bonds is 11. The van der Waals surface area contributed by atoms with Crippen molar-refractivity contribution in [2.45, 2.75) is 39.3 Å². The molecular formula is C33H37F2N8O3+. The van der Waals surface area contributed by atoms with Crippen LogP contribution >= 0.6 is 0 Å². The number of likely N-dealkylation sites (tertiary alicyclic amines) is 1. The average Bonchev–Trinajstić information content (AvgIpc) is 3.69. The van der Waals surface area contributed by atoms with Gasteiger partial charge in [-0.05, 0) is 73.3 Å². The predicted octanol–water partition coefficient (Wildman–Crippen LogP) is 3.33. The van der Waals surface area contributed by atoms with Crippen molar-refractivity contribution in [1.29, 1.82) is 0 Å². The van der Waals surface area contributed by atoms with Crippen LogP contribution in [0.2, 0.25) is 0 Å². The second-order valence-electron chi connectivity index (χ2n) is 11.4. The molecule has 0 bridgehead atoms. The molecule has 2 aliphatic heterocycles. The van der Waals surface area contributed by atoms with Crippen LogP contribution in [0.15, 0.2) is 60.9 Å². The van der Waals surface area contributed by atoms with Crippen LogP contribution < -0.4 is 14.2 Å². The number of aryl methyl sites for hydroxylation is 1. The highest BCUT2D eigenvalue weighted by atomic mass is 19.1. The first-order valence-electron chi connectivity index (χ1n) is 15.7. The largest absolute Gasteiger partial charge is 0.462 e. The number of carbonyl (C=O) groups is 2. The van der Waals surface area contributed by atoms with E-state index in [1.165, 1.54) is 28.9 Å². The first-order chi connectivity index (χ1) is 22.4. The Bertz CT molecular complexity index is 1670. The molecule has 0 saturated carbocycles. The minimum Gasteiger partial charge on any atom is -0.462 e. The molecule has 2 aliphatic rings. The molecular weight excluding hydrogens is 594 g/mol. The fraction of sp³-hybridized carbons (Fsp3) is 0.394. The molecule has 13 heteroatoms. The number of hydrogen-bond acceptors (Lipinski definition) is 7. The van der Waals surface area contributed by atoms with Gasteiger partial charge in [-0.25, -0.2) is 18.4 Å². The van der Waals surface area contributed by atoms with Gasteiger partial charge in [-0.1, -0.05) is 0 Å². The molecule has 2 amide bonds. The second-order valence-corrected chi connectivity index (χ2v) is 11.4. The summed E-state index contributed by atoms with van der Waals surface area (Å²) in [6, 6.07) is 13.6. The molecule has 0 N–H and O–H groups in total. The quantitative estimate of drug-likeness (QED) is 0.185. The Labute approximate surface area is 266 Å². The summed E-state index contributed by atoms with van der Waals surface area (Å²) in [6.07, 6.45) is 4.09. The van der Waals surface area contributed by atoms with E-state index in [4.69, 9.17) is 4.74 Å². The molecule has 0 unspecified atom stereocenters. The topological polar surface area (TPSA) is 101 Å². The molecule has 0 aliphatic carbocycles. The third kappa shape index (κ3) is 7.13. The summed E-state index contributed by atoms with van der Waals surface area (Å²) in [4.78, 5) is 40.4. The number of aromatic nitrogens is 5. The van der Waals surface area contributed by atoms with Crippen LogP contribution in [0.5, 0.6) is 5.88 Å². The highest BCUT2D eigenvalue weighted by Crippen LogP contribution is 2.24. The minimum absolute atomic E-state index is 0.0536. The zero-order valence-corrected chi connectivity index (χ0v) is 25.8. The average molecular weight is 632 g/mol. The molecule has 4 heterocycles. The number of carbonyl (C=O) groups excluding carboxylic acids is 2. The van der Waals surface area contributed by atoms with Crippen molar-refractivity contribution in [1.82, 2.24) is 29.5 Å². The van der Waals surface area contributed by atoms with Gasteiger partial charge in [0.2, 0.25) is 11.8 Å². The molecule has 0 radical (unpaired) electrons. The van der Waals surface area contributed by atoms with Gasteiger partial charge in [0, 0.05) is 56.8 Å². The number of nitrogens with zero attached hydrogens (tertiary/aromatic N) is 8. The lowest BCUT2D eigenvalue weighted by Gasteiger charge is -2.34. The summed E-state index contributed by atoms with van der Waals surface area (Å²) < 4.78 is 36.7. The van der Waals surface area contributed by atoms with Crippen molar-refractivity contribution in [2.24, 2.45) is 0 Å². The Hall–Kier alpha value is -4.94. The van der Waals surface area contributed by atoms with E-state index in [-0.39, 0.29) is 30.0 Å². The molecule has 0 spiro atoms. The van der Waals surface area contributed by atoms with Crippen LogP contribution in [-0.4, -0.2) is 87.2 Å². The maximum absolute atomic E-state index is 13.6. The third-order valence-electron chi connectivity index (χ3n) is 8.32. The number of anilines is 1. The zero-order valence-electron chi connectivity index (χ0n) is 25.8. The number of amides is 2. The van der Waals surface area contributed by atoms with E-state index < -0.39 is 0 Å². The number of halogens is 2. The predicted molar refractivity (Wildman–Crippen MR) is 166 cm³/mol. The number of ether oxygens (including phenoxy) is 1. The molecule has 240 valence electrons. The standard InChI is InChI=1S/C33H37F2N8O3/c1-2-39-23-36-28(21-31(39)46-20-4-15-41-14-3-5-29(41)44)40-16-18-42(19-17-40)30(45)22-43-33(25-8-12-27(35)13-9-25)37-32(38-43)24-6-10-26(34)11-7-24/h6-13,21,23H,2-5,14-20,22H2,1H3/q+1. The van der Waals surface area contributed by atoms with E-state index in [0.29, 0.717) is 75.1 Å². The van der Waals surface area contributed by atoms with Gasteiger partial charge in [-0.2, -0.15) is 4.57 Å². The van der Waals surface area contributed by atoms with Crippen LogP contribution in [0.4, 0.5) is 14.6 Å². The lowest BCUT2D eigenvalue weighted by molar-refractivity contribution is -0.701. The fourth-order valence-electron chi connectivity index (χ4n) is 5.72. The molecule has 2 saturated heterocycles. The van der Waals surface area contributed by atoms with E-state index in [1.807, 2.05) is 22.5 Å². The van der Waals surface area contributed by atoms with Crippen LogP contribution in [0.3, 0.4) is 0 Å². The molecule has 2 fully saturated rings. The van der Waals surface area contributed by atoms with Crippen molar-refractivity contribution in [3.8, 4) is 28.7 Å². The molecule has 0 atom stereocenters. The Balaban J connectivity index is 1.09. The van der Waals surface area contributed by atoms with E-state index in [9.17, 15) is 18.4 Å². The fourth-order valence-corrected chi connectivity index (χ4v) is 5.72. The first-order valence-corrected chi connectivity index (χ1v) is 15.7. The Morgan fingerprint density at radius 3 is 2.30 bits per heavy atom. The Morgan fingerprint density at radius 1 is 0.957 bits per heavy atom. The molecule has 2 aromatic carbocycles. The maximum Gasteiger partial charge on any atom is 0.291 e. The number of benzene rings is 2. The normalized spacial score (nSPS) is 15.1. The summed E-state index contributed by atoms with van der Waals surface area (Å²) in [6.45, 7) is 6.88. The monoisotopic (exact) mass is 631 g/mol. The Kier molecular flexibility index (Phi) is 9.46. The lowest BCUT2D eigenvalue weighted by atomic mass is 10.2. The van der Waals surface area contributed by atoms with Gasteiger partial charge in [-0.3, -0.25) is 9.59 Å². The van der Waals surface area contributed by atoms with E-state index in [1.54, 1.807) is 35.5 Å². The first kappa shape index (κ1) is 31.1. The highest BCUT2D eigenvalue weighted by Gasteiger charge is 2.27. The number of piperazine rings is 1. The van der Waals surface area contributed by atoms with Crippen molar-refractivity contribution in [3.63, 3.8) is 0 Å². The van der Waals surface area contributed by atoms with Crippen molar-refractivity contribution < 1.29 is 27.7 Å². The van der Waals surface area contributed by atoms with Gasteiger partial charge in [0.05, 0.1) is 19.2 Å². The highest BCUT2D eigenvalue weighted by molar-refractivity contribution is 5.78.